The summed E-state index contributed by atoms with van der Waals surface area (Å²) in [4.78, 5) is 39.7. The second-order valence-corrected chi connectivity index (χ2v) is 11.8. The molecular weight excluding hydrogens is 579 g/mol. The minimum atomic E-state index is -0.449. The maximum absolute atomic E-state index is 13.5. The van der Waals surface area contributed by atoms with Gasteiger partial charge in [-0.25, -0.2) is 9.59 Å². The van der Waals surface area contributed by atoms with Crippen LogP contribution in [0.2, 0.25) is 5.02 Å². The highest BCUT2D eigenvalue weighted by molar-refractivity contribution is 6.30. The fourth-order valence-electron chi connectivity index (χ4n) is 5.26. The number of hydrogen-bond acceptors (Lipinski definition) is 6. The van der Waals surface area contributed by atoms with Crippen molar-refractivity contribution < 1.29 is 23.9 Å². The summed E-state index contributed by atoms with van der Waals surface area (Å²) < 4.78 is 11.6. The number of hydrogen-bond donors (Lipinski definition) is 2. The Kier molecular flexibility index (Phi) is 9.28. The molecule has 2 aromatic rings. The van der Waals surface area contributed by atoms with Crippen LogP contribution in [-0.2, 0) is 4.79 Å². The summed E-state index contributed by atoms with van der Waals surface area (Å²) in [6, 6.07) is 13.6. The predicted octanol–water partition coefficient (Wildman–Crippen LogP) is 5.65. The van der Waals surface area contributed by atoms with Crippen molar-refractivity contribution in [1.82, 2.24) is 20.4 Å². The molecule has 2 atom stereocenters. The quantitative estimate of drug-likeness (QED) is 0.215. The number of imide groups is 1. The molecule has 3 aliphatic rings. The van der Waals surface area contributed by atoms with Crippen LogP contribution in [0.4, 0.5) is 9.59 Å². The van der Waals surface area contributed by atoms with Crippen LogP contribution in [0, 0.1) is 5.92 Å². The van der Waals surface area contributed by atoms with Crippen LogP contribution in [0.1, 0.15) is 38.3 Å². The smallest absolute Gasteiger partial charge is 0.416 e. The van der Waals surface area contributed by atoms with Gasteiger partial charge in [0.2, 0.25) is 5.91 Å². The Morgan fingerprint density at radius 2 is 1.81 bits per heavy atom. The molecule has 3 aliphatic heterocycles. The summed E-state index contributed by atoms with van der Waals surface area (Å²) in [6.07, 6.45) is 2.95. The highest BCUT2D eigenvalue weighted by Gasteiger charge is 2.38. The molecule has 9 nitrogen and oxygen atoms in total. The normalized spacial score (nSPS) is 20.1. The van der Waals surface area contributed by atoms with Gasteiger partial charge in [-0.15, -0.1) is 11.6 Å². The Morgan fingerprint density at radius 3 is 2.48 bits per heavy atom. The third kappa shape index (κ3) is 6.85. The Bertz CT molecular complexity index is 1390. The summed E-state index contributed by atoms with van der Waals surface area (Å²) in [5.74, 6) is 1.11. The third-order valence-electron chi connectivity index (χ3n) is 7.53. The van der Waals surface area contributed by atoms with Gasteiger partial charge in [-0.3, -0.25) is 15.0 Å². The van der Waals surface area contributed by atoms with E-state index in [1.165, 1.54) is 16.0 Å². The number of carbonyl (C=O) groups excluding carboxylic acids is 3. The zero-order valence-electron chi connectivity index (χ0n) is 23.6. The van der Waals surface area contributed by atoms with E-state index in [0.29, 0.717) is 61.5 Å². The van der Waals surface area contributed by atoms with Gasteiger partial charge >= 0.3 is 12.1 Å². The summed E-state index contributed by atoms with van der Waals surface area (Å²) in [6.45, 7) is 6.23. The number of ether oxygens (including phenoxy) is 2. The lowest BCUT2D eigenvalue weighted by atomic mass is 9.91. The van der Waals surface area contributed by atoms with Gasteiger partial charge in [0.05, 0.1) is 12.0 Å². The molecule has 2 N–H and O–H groups in total. The van der Waals surface area contributed by atoms with Crippen molar-refractivity contribution in [2.24, 2.45) is 5.92 Å². The zero-order chi connectivity index (χ0) is 29.8. The van der Waals surface area contributed by atoms with Crippen LogP contribution < -0.4 is 20.1 Å². The number of amides is 4. The van der Waals surface area contributed by atoms with Gasteiger partial charge in [-0.1, -0.05) is 43.7 Å². The first-order valence-electron chi connectivity index (χ1n) is 14.1. The topological polar surface area (TPSA) is 100 Å². The number of benzene rings is 2. The van der Waals surface area contributed by atoms with E-state index in [2.05, 4.69) is 30.6 Å². The molecule has 0 aromatic heterocycles. The number of nitrogens with zero attached hydrogens (tertiary/aromatic N) is 2. The minimum Gasteiger partial charge on any atom is -0.494 e. The third-order valence-corrected chi connectivity index (χ3v) is 8.41. The van der Waals surface area contributed by atoms with Crippen molar-refractivity contribution in [2.75, 3.05) is 32.8 Å². The largest absolute Gasteiger partial charge is 0.494 e. The number of urea groups is 1. The van der Waals surface area contributed by atoms with Gasteiger partial charge in [-0.2, -0.15) is 0 Å². The van der Waals surface area contributed by atoms with Crippen LogP contribution in [0.15, 0.2) is 71.5 Å². The van der Waals surface area contributed by atoms with Crippen LogP contribution in [0.5, 0.6) is 11.5 Å². The second-order valence-electron chi connectivity index (χ2n) is 10.8. The van der Waals surface area contributed by atoms with Crippen molar-refractivity contribution >= 4 is 41.2 Å². The standard InChI is InChI=1S/C31H34Cl2N4O5/c1-19(2)26(33)16-21-17-34-28-25(21)12-14-37(31(40)42-24-10-6-22(32)7-11-24)29(28)20-4-8-23(9-5-20)41-15-3-13-36-18-27(38)35-30(36)39/h4-11,16,19,26,29,34H,3,12-15,17-18H2,1-2H3,(H,35,38,39)/b21-16+. The number of carbonyl (C=O) groups is 3. The second kappa shape index (κ2) is 13.1. The highest BCUT2D eigenvalue weighted by Crippen LogP contribution is 2.41. The van der Waals surface area contributed by atoms with Gasteiger partial charge in [0, 0.05) is 30.4 Å². The van der Waals surface area contributed by atoms with E-state index in [9.17, 15) is 14.4 Å². The first-order valence-corrected chi connectivity index (χ1v) is 14.9. The molecule has 0 bridgehead atoms. The molecule has 1 saturated heterocycles. The van der Waals surface area contributed by atoms with Crippen molar-refractivity contribution in [3.8, 4) is 11.5 Å². The first-order chi connectivity index (χ1) is 20.2. The molecule has 4 amide bonds. The van der Waals surface area contributed by atoms with Gasteiger partial charge in [0.15, 0.2) is 0 Å². The van der Waals surface area contributed by atoms with Crippen LogP contribution >= 0.6 is 23.2 Å². The molecular formula is C31H34Cl2N4O5. The monoisotopic (exact) mass is 612 g/mol. The molecule has 3 heterocycles. The number of nitrogens with one attached hydrogen (secondary N) is 2. The molecule has 5 rings (SSSR count). The van der Waals surface area contributed by atoms with E-state index < -0.39 is 6.09 Å². The summed E-state index contributed by atoms with van der Waals surface area (Å²) in [5, 5.41) is 6.29. The summed E-state index contributed by atoms with van der Waals surface area (Å²) in [7, 11) is 0. The molecule has 222 valence electrons. The highest BCUT2D eigenvalue weighted by atomic mass is 35.5. The lowest BCUT2D eigenvalue weighted by Crippen LogP contribution is -2.42. The molecule has 11 heteroatoms. The average Bonchev–Trinajstić information content (AvgIpc) is 3.53. The van der Waals surface area contributed by atoms with Crippen LogP contribution in [-0.4, -0.2) is 66.0 Å². The Labute approximate surface area is 255 Å². The predicted molar refractivity (Wildman–Crippen MR) is 161 cm³/mol. The Balaban J connectivity index is 1.33. The summed E-state index contributed by atoms with van der Waals surface area (Å²) in [5.41, 5.74) is 4.24. The number of alkyl halides is 1. The maximum atomic E-state index is 13.5. The molecule has 2 aromatic carbocycles. The van der Waals surface area contributed by atoms with Crippen LogP contribution in [0.3, 0.4) is 0 Å². The van der Waals surface area contributed by atoms with Gasteiger partial charge in [-0.05, 0) is 71.9 Å². The lowest BCUT2D eigenvalue weighted by molar-refractivity contribution is -0.118. The minimum absolute atomic E-state index is 0.0810. The molecule has 42 heavy (non-hydrogen) atoms. The van der Waals surface area contributed by atoms with E-state index in [0.717, 1.165) is 11.3 Å². The van der Waals surface area contributed by atoms with Crippen molar-refractivity contribution in [1.29, 1.82) is 0 Å². The summed E-state index contributed by atoms with van der Waals surface area (Å²) >= 11 is 12.6. The molecule has 1 fully saturated rings. The van der Waals surface area contributed by atoms with Gasteiger partial charge in [0.1, 0.15) is 24.1 Å². The fourth-order valence-corrected chi connectivity index (χ4v) is 5.53. The Morgan fingerprint density at radius 1 is 1.10 bits per heavy atom. The fraction of sp³-hybridized carbons (Fsp3) is 0.387. The number of rotatable bonds is 9. The lowest BCUT2D eigenvalue weighted by Gasteiger charge is -2.36. The maximum Gasteiger partial charge on any atom is 0.416 e. The molecule has 0 saturated carbocycles. The SMILES string of the molecule is CC(C)C(Cl)/C=C1\CNC2=C1CCN(C(=O)Oc1ccc(Cl)cc1)C2c1ccc(OCCCN2CC(=O)NC2=O)cc1. The average molecular weight is 614 g/mol. The van der Waals surface area contributed by atoms with Gasteiger partial charge < -0.3 is 19.7 Å². The number of allylic oxidation sites excluding steroid dienone is 1. The molecule has 2 unspecified atom stereocenters. The van der Waals surface area contributed by atoms with Crippen molar-refractivity contribution in [3.63, 3.8) is 0 Å². The first kappa shape index (κ1) is 29.8. The van der Waals surface area contributed by atoms with E-state index in [4.69, 9.17) is 32.7 Å². The molecule has 0 spiro atoms. The molecule has 0 radical (unpaired) electrons. The van der Waals surface area contributed by atoms with Crippen molar-refractivity contribution in [3.05, 3.63) is 82.0 Å². The Hall–Kier alpha value is -3.69. The van der Waals surface area contributed by atoms with E-state index in [1.54, 1.807) is 29.2 Å². The molecule has 0 aliphatic carbocycles. The van der Waals surface area contributed by atoms with E-state index >= 15 is 0 Å². The van der Waals surface area contributed by atoms with Crippen molar-refractivity contribution in [2.45, 2.75) is 38.1 Å². The zero-order valence-corrected chi connectivity index (χ0v) is 25.1. The van der Waals surface area contributed by atoms with Crippen LogP contribution in [0.25, 0.3) is 0 Å². The number of halogens is 2. The van der Waals surface area contributed by atoms with Gasteiger partial charge in [0.25, 0.3) is 0 Å². The van der Waals surface area contributed by atoms with E-state index in [1.807, 2.05) is 24.3 Å². The van der Waals surface area contributed by atoms with E-state index in [-0.39, 0.29) is 29.9 Å².